The van der Waals surface area contributed by atoms with Crippen LogP contribution in [0.4, 0.5) is 4.79 Å². The zero-order valence-electron chi connectivity index (χ0n) is 13.9. The fourth-order valence-electron chi connectivity index (χ4n) is 2.84. The number of amides is 1. The van der Waals surface area contributed by atoms with Gasteiger partial charge in [-0.05, 0) is 40.5 Å². The van der Waals surface area contributed by atoms with Crippen LogP contribution in [-0.2, 0) is 4.74 Å². The summed E-state index contributed by atoms with van der Waals surface area (Å²) in [5.41, 5.74) is 2.00. The van der Waals surface area contributed by atoms with Crippen LogP contribution < -0.4 is 0 Å². The number of likely N-dealkylation sites (tertiary alicyclic amines) is 1. The van der Waals surface area contributed by atoms with Gasteiger partial charge in [0.25, 0.3) is 0 Å². The Morgan fingerprint density at radius 3 is 2.91 bits per heavy atom. The van der Waals surface area contributed by atoms with E-state index < -0.39 is 5.60 Å². The van der Waals surface area contributed by atoms with E-state index in [4.69, 9.17) is 9.26 Å². The first-order valence-corrected chi connectivity index (χ1v) is 7.82. The van der Waals surface area contributed by atoms with Gasteiger partial charge in [0.1, 0.15) is 5.60 Å². The van der Waals surface area contributed by atoms with Gasteiger partial charge >= 0.3 is 6.09 Å². The van der Waals surface area contributed by atoms with Gasteiger partial charge < -0.3 is 9.26 Å². The van der Waals surface area contributed by atoms with E-state index in [1.54, 1.807) is 11.1 Å². The summed E-state index contributed by atoms with van der Waals surface area (Å²) in [6.07, 6.45) is 3.20. The van der Waals surface area contributed by atoms with Crippen LogP contribution in [0.15, 0.2) is 16.8 Å². The van der Waals surface area contributed by atoms with E-state index in [0.717, 1.165) is 29.8 Å². The van der Waals surface area contributed by atoms with Gasteiger partial charge in [-0.3, -0.25) is 10.00 Å². The summed E-state index contributed by atoms with van der Waals surface area (Å²) in [4.78, 5) is 14.2. The monoisotopic (exact) mass is 318 g/mol. The number of nitrogens with zero attached hydrogens (tertiary/aromatic N) is 3. The molecule has 124 valence electrons. The molecule has 1 aliphatic heterocycles. The zero-order valence-corrected chi connectivity index (χ0v) is 13.9. The molecular formula is C16H22N4O3. The molecule has 1 amide bonds. The van der Waals surface area contributed by atoms with Gasteiger partial charge in [0.2, 0.25) is 0 Å². The highest BCUT2D eigenvalue weighted by atomic mass is 16.6. The van der Waals surface area contributed by atoms with E-state index in [0.29, 0.717) is 12.3 Å². The van der Waals surface area contributed by atoms with Crippen molar-refractivity contribution >= 4 is 6.09 Å². The number of H-pyrrole nitrogens is 1. The fraction of sp³-hybridized carbons (Fsp3) is 0.562. The van der Waals surface area contributed by atoms with E-state index in [1.165, 1.54) is 0 Å². The third kappa shape index (κ3) is 3.23. The minimum Gasteiger partial charge on any atom is -0.444 e. The second-order valence-corrected chi connectivity index (χ2v) is 6.86. The van der Waals surface area contributed by atoms with E-state index in [9.17, 15) is 4.79 Å². The average molecular weight is 318 g/mol. The number of rotatable bonds is 2. The second-order valence-electron chi connectivity index (χ2n) is 6.86. The molecule has 23 heavy (non-hydrogen) atoms. The van der Waals surface area contributed by atoms with Gasteiger partial charge in [-0.15, -0.1) is 0 Å². The Morgan fingerprint density at radius 2 is 2.26 bits per heavy atom. The third-order valence-corrected chi connectivity index (χ3v) is 3.78. The number of carbonyl (C=O) groups excluding carboxylic acids is 1. The van der Waals surface area contributed by atoms with Crippen molar-refractivity contribution in [3.05, 3.63) is 23.7 Å². The standard InChI is InChI=1S/C16H22N4O3/c1-10-8-13(23-19-10)11-9-17-18-14(11)12-6-5-7-20(12)15(21)22-16(2,3)4/h8-9,12H,5-7H2,1-4H3,(H,17,18)/t12-/m1/s1. The van der Waals surface area contributed by atoms with E-state index in [2.05, 4.69) is 15.4 Å². The molecule has 2 aromatic rings. The molecule has 7 heteroatoms. The van der Waals surface area contributed by atoms with Crippen molar-refractivity contribution in [3.8, 4) is 11.3 Å². The maximum Gasteiger partial charge on any atom is 0.410 e. The van der Waals surface area contributed by atoms with Gasteiger partial charge in [0, 0.05) is 12.6 Å². The highest BCUT2D eigenvalue weighted by Gasteiger charge is 2.35. The summed E-state index contributed by atoms with van der Waals surface area (Å²) in [7, 11) is 0. The SMILES string of the molecule is Cc1cc(-c2cn[nH]c2[C@H]2CCCN2C(=O)OC(C)(C)C)on1. The topological polar surface area (TPSA) is 84.2 Å². The second kappa shape index (κ2) is 5.72. The van der Waals surface area contributed by atoms with Crippen molar-refractivity contribution in [2.45, 2.75) is 52.2 Å². The lowest BCUT2D eigenvalue weighted by molar-refractivity contribution is 0.0222. The Balaban J connectivity index is 1.87. The largest absolute Gasteiger partial charge is 0.444 e. The molecule has 1 aliphatic rings. The number of hydrogen-bond acceptors (Lipinski definition) is 5. The van der Waals surface area contributed by atoms with Crippen LogP contribution in [0.2, 0.25) is 0 Å². The van der Waals surface area contributed by atoms with Crippen LogP contribution in [0, 0.1) is 6.92 Å². The summed E-state index contributed by atoms with van der Waals surface area (Å²) < 4.78 is 10.9. The number of aryl methyl sites for hydroxylation is 1. The van der Waals surface area contributed by atoms with Crippen molar-refractivity contribution in [2.75, 3.05) is 6.54 Å². The van der Waals surface area contributed by atoms with Gasteiger partial charge in [0.15, 0.2) is 5.76 Å². The minimum absolute atomic E-state index is 0.0900. The maximum atomic E-state index is 12.5. The number of hydrogen-bond donors (Lipinski definition) is 1. The number of aromatic amines is 1. The van der Waals surface area contributed by atoms with Crippen molar-refractivity contribution in [3.63, 3.8) is 0 Å². The predicted octanol–water partition coefficient (Wildman–Crippen LogP) is 3.45. The third-order valence-electron chi connectivity index (χ3n) is 3.78. The van der Waals surface area contributed by atoms with Crippen LogP contribution in [-0.4, -0.2) is 38.5 Å². The van der Waals surface area contributed by atoms with Crippen molar-refractivity contribution in [1.29, 1.82) is 0 Å². The summed E-state index contributed by atoms with van der Waals surface area (Å²) in [5, 5.41) is 11.1. The molecule has 0 radical (unpaired) electrons. The highest BCUT2D eigenvalue weighted by Crippen LogP contribution is 2.37. The smallest absolute Gasteiger partial charge is 0.410 e. The van der Waals surface area contributed by atoms with Gasteiger partial charge in [-0.1, -0.05) is 5.16 Å². The molecule has 1 fully saturated rings. The summed E-state index contributed by atoms with van der Waals surface area (Å²) in [6.45, 7) is 8.15. The molecule has 0 spiro atoms. The molecule has 1 saturated heterocycles. The Kier molecular flexibility index (Phi) is 3.87. The quantitative estimate of drug-likeness (QED) is 0.917. The molecule has 0 aromatic carbocycles. The molecule has 3 heterocycles. The summed E-state index contributed by atoms with van der Waals surface area (Å²) >= 11 is 0. The molecule has 3 rings (SSSR count). The Morgan fingerprint density at radius 1 is 1.48 bits per heavy atom. The van der Waals surface area contributed by atoms with E-state index in [-0.39, 0.29) is 12.1 Å². The van der Waals surface area contributed by atoms with Crippen LogP contribution >= 0.6 is 0 Å². The van der Waals surface area contributed by atoms with Crippen molar-refractivity contribution < 1.29 is 14.1 Å². The fourth-order valence-corrected chi connectivity index (χ4v) is 2.84. The molecule has 0 unspecified atom stereocenters. The molecule has 2 aromatic heterocycles. The van der Waals surface area contributed by atoms with Crippen molar-refractivity contribution in [2.24, 2.45) is 0 Å². The number of carbonyl (C=O) groups is 1. The molecule has 7 nitrogen and oxygen atoms in total. The maximum absolute atomic E-state index is 12.5. The normalized spacial score (nSPS) is 18.4. The van der Waals surface area contributed by atoms with Gasteiger partial charge in [0.05, 0.1) is 29.2 Å². The van der Waals surface area contributed by atoms with Crippen LogP contribution in [0.5, 0.6) is 0 Å². The Bertz CT molecular complexity index is 698. The average Bonchev–Trinajstić information content (AvgIpc) is 3.15. The lowest BCUT2D eigenvalue weighted by Crippen LogP contribution is -2.36. The van der Waals surface area contributed by atoms with Crippen molar-refractivity contribution in [1.82, 2.24) is 20.3 Å². The summed E-state index contributed by atoms with van der Waals surface area (Å²) in [6, 6.07) is 1.77. The number of nitrogens with one attached hydrogen (secondary N) is 1. The van der Waals surface area contributed by atoms with Gasteiger partial charge in [-0.25, -0.2) is 4.79 Å². The molecule has 0 bridgehead atoms. The molecule has 1 atom stereocenters. The molecule has 1 N–H and O–H groups in total. The first-order chi connectivity index (χ1) is 10.8. The molecule has 0 aliphatic carbocycles. The van der Waals surface area contributed by atoms with Crippen LogP contribution in [0.1, 0.15) is 51.0 Å². The Labute approximate surface area is 135 Å². The highest BCUT2D eigenvalue weighted by molar-refractivity contribution is 5.70. The molecule has 0 saturated carbocycles. The lowest BCUT2D eigenvalue weighted by Gasteiger charge is -2.28. The number of aromatic nitrogens is 3. The van der Waals surface area contributed by atoms with E-state index in [1.807, 2.05) is 33.8 Å². The van der Waals surface area contributed by atoms with Crippen LogP contribution in [0.25, 0.3) is 11.3 Å². The first-order valence-electron chi connectivity index (χ1n) is 7.82. The minimum atomic E-state index is -0.511. The summed E-state index contributed by atoms with van der Waals surface area (Å²) in [5.74, 6) is 0.655. The Hall–Kier alpha value is -2.31. The van der Waals surface area contributed by atoms with Crippen LogP contribution in [0.3, 0.4) is 0 Å². The van der Waals surface area contributed by atoms with Gasteiger partial charge in [-0.2, -0.15) is 5.10 Å². The zero-order chi connectivity index (χ0) is 16.6. The predicted molar refractivity (Wildman–Crippen MR) is 83.7 cm³/mol. The first kappa shape index (κ1) is 15.6. The number of ether oxygens (including phenoxy) is 1. The molecular weight excluding hydrogens is 296 g/mol. The van der Waals surface area contributed by atoms with E-state index >= 15 is 0 Å². The lowest BCUT2D eigenvalue weighted by atomic mass is 10.1.